The van der Waals surface area contributed by atoms with Crippen LogP contribution in [-0.2, 0) is 12.4 Å². The summed E-state index contributed by atoms with van der Waals surface area (Å²) < 4.78 is 0. The summed E-state index contributed by atoms with van der Waals surface area (Å²) >= 11 is 11.6. The Hall–Kier alpha value is -1.32. The van der Waals surface area contributed by atoms with E-state index in [1.54, 1.807) is 12.4 Å². The van der Waals surface area contributed by atoms with E-state index in [0.717, 1.165) is 23.1 Å². The summed E-state index contributed by atoms with van der Waals surface area (Å²) in [5.74, 6) is 1.18. The fraction of sp³-hybridized carbons (Fsp3) is 0.231. The molecule has 2 aromatic rings. The quantitative estimate of drug-likeness (QED) is 0.804. The van der Waals surface area contributed by atoms with Crippen LogP contribution in [0.5, 0.6) is 0 Å². The van der Waals surface area contributed by atoms with Crippen LogP contribution in [0.15, 0.2) is 36.7 Å². The monoisotopic (exact) mass is 281 g/mol. The number of nitrogens with zero attached hydrogens (tertiary/aromatic N) is 3. The minimum atomic E-state index is 0.371. The van der Waals surface area contributed by atoms with Crippen molar-refractivity contribution in [2.45, 2.75) is 12.4 Å². The second kappa shape index (κ2) is 6.03. The molecular formula is C13H13Cl2N3. The van der Waals surface area contributed by atoms with Gasteiger partial charge in [-0.1, -0.05) is 23.7 Å². The second-order valence-electron chi connectivity index (χ2n) is 3.98. The SMILES string of the molecule is CN(Cc1ccc(Cl)cc1)c1cncc(CCl)n1. The third-order valence-electron chi connectivity index (χ3n) is 2.53. The summed E-state index contributed by atoms with van der Waals surface area (Å²) in [7, 11) is 1.97. The van der Waals surface area contributed by atoms with Crippen LogP contribution in [0.2, 0.25) is 5.02 Å². The largest absolute Gasteiger partial charge is 0.354 e. The van der Waals surface area contributed by atoms with E-state index in [9.17, 15) is 0 Å². The maximum absolute atomic E-state index is 5.85. The molecular weight excluding hydrogens is 269 g/mol. The van der Waals surface area contributed by atoms with Crippen molar-refractivity contribution >= 4 is 29.0 Å². The molecule has 18 heavy (non-hydrogen) atoms. The van der Waals surface area contributed by atoms with Crippen LogP contribution >= 0.6 is 23.2 Å². The van der Waals surface area contributed by atoms with E-state index in [1.807, 2.05) is 36.2 Å². The van der Waals surface area contributed by atoms with Gasteiger partial charge in [0.05, 0.1) is 17.8 Å². The summed E-state index contributed by atoms with van der Waals surface area (Å²) in [5, 5.41) is 0.741. The highest BCUT2D eigenvalue weighted by Crippen LogP contribution is 2.15. The second-order valence-corrected chi connectivity index (χ2v) is 4.69. The van der Waals surface area contributed by atoms with E-state index in [2.05, 4.69) is 9.97 Å². The Morgan fingerprint density at radius 2 is 1.89 bits per heavy atom. The minimum absolute atomic E-state index is 0.371. The van der Waals surface area contributed by atoms with Gasteiger partial charge in [0.15, 0.2) is 0 Å². The van der Waals surface area contributed by atoms with E-state index in [4.69, 9.17) is 23.2 Å². The van der Waals surface area contributed by atoms with Gasteiger partial charge in [0.25, 0.3) is 0 Å². The zero-order valence-corrected chi connectivity index (χ0v) is 11.5. The smallest absolute Gasteiger partial charge is 0.147 e. The summed E-state index contributed by atoms with van der Waals surface area (Å²) in [6.45, 7) is 0.748. The maximum atomic E-state index is 5.85. The van der Waals surface area contributed by atoms with Crippen LogP contribution in [-0.4, -0.2) is 17.0 Å². The zero-order valence-electron chi connectivity index (χ0n) is 9.98. The van der Waals surface area contributed by atoms with E-state index >= 15 is 0 Å². The highest BCUT2D eigenvalue weighted by atomic mass is 35.5. The number of benzene rings is 1. The average molecular weight is 282 g/mol. The number of rotatable bonds is 4. The molecule has 1 aromatic carbocycles. The first-order chi connectivity index (χ1) is 8.69. The van der Waals surface area contributed by atoms with Gasteiger partial charge >= 0.3 is 0 Å². The van der Waals surface area contributed by atoms with Gasteiger partial charge in [0.1, 0.15) is 5.82 Å². The Labute approximate surface area is 116 Å². The molecule has 94 valence electrons. The lowest BCUT2D eigenvalue weighted by atomic mass is 10.2. The molecule has 0 atom stereocenters. The first-order valence-electron chi connectivity index (χ1n) is 5.51. The molecule has 3 nitrogen and oxygen atoms in total. The van der Waals surface area contributed by atoms with Crippen LogP contribution < -0.4 is 4.90 Å². The van der Waals surface area contributed by atoms with Crippen LogP contribution in [0.4, 0.5) is 5.82 Å². The van der Waals surface area contributed by atoms with Crippen molar-refractivity contribution in [3.05, 3.63) is 52.9 Å². The van der Waals surface area contributed by atoms with Gasteiger partial charge in [-0.3, -0.25) is 4.98 Å². The van der Waals surface area contributed by atoms with Crippen LogP contribution in [0.1, 0.15) is 11.3 Å². The normalized spacial score (nSPS) is 10.4. The molecule has 0 saturated heterocycles. The molecule has 0 aliphatic rings. The summed E-state index contributed by atoms with van der Waals surface area (Å²) in [4.78, 5) is 10.6. The molecule has 0 amide bonds. The molecule has 0 saturated carbocycles. The van der Waals surface area contributed by atoms with Gasteiger partial charge in [-0.25, -0.2) is 4.98 Å². The van der Waals surface area contributed by atoms with Crippen molar-refractivity contribution in [2.75, 3.05) is 11.9 Å². The summed E-state index contributed by atoms with van der Waals surface area (Å²) in [5.41, 5.74) is 1.94. The number of anilines is 1. The van der Waals surface area contributed by atoms with Crippen molar-refractivity contribution in [1.29, 1.82) is 0 Å². The first-order valence-corrected chi connectivity index (χ1v) is 6.43. The average Bonchev–Trinajstić information content (AvgIpc) is 2.41. The number of halogens is 2. The predicted molar refractivity (Wildman–Crippen MR) is 75.1 cm³/mol. The summed E-state index contributed by atoms with van der Waals surface area (Å²) in [6.07, 6.45) is 3.40. The van der Waals surface area contributed by atoms with Crippen molar-refractivity contribution in [1.82, 2.24) is 9.97 Å². The molecule has 1 heterocycles. The van der Waals surface area contributed by atoms with Gasteiger partial charge < -0.3 is 4.90 Å². The van der Waals surface area contributed by atoms with Crippen molar-refractivity contribution in [3.8, 4) is 0 Å². The van der Waals surface area contributed by atoms with Crippen LogP contribution in [0, 0.1) is 0 Å². The molecule has 5 heteroatoms. The molecule has 0 N–H and O–H groups in total. The van der Waals surface area contributed by atoms with E-state index in [0.29, 0.717) is 5.88 Å². The molecule has 0 aliphatic heterocycles. The van der Waals surface area contributed by atoms with E-state index in [1.165, 1.54) is 5.56 Å². The van der Waals surface area contributed by atoms with Gasteiger partial charge in [-0.2, -0.15) is 0 Å². The summed E-state index contributed by atoms with van der Waals surface area (Å²) in [6, 6.07) is 7.76. The molecule has 0 fully saturated rings. The fourth-order valence-corrected chi connectivity index (χ4v) is 1.84. The Bertz CT molecular complexity index is 514. The maximum Gasteiger partial charge on any atom is 0.147 e. The Balaban J connectivity index is 2.11. The number of aromatic nitrogens is 2. The lowest BCUT2D eigenvalue weighted by Crippen LogP contribution is -2.18. The molecule has 0 unspecified atom stereocenters. The van der Waals surface area contributed by atoms with Crippen molar-refractivity contribution < 1.29 is 0 Å². The lowest BCUT2D eigenvalue weighted by molar-refractivity contribution is 0.880. The van der Waals surface area contributed by atoms with Crippen LogP contribution in [0.25, 0.3) is 0 Å². The Morgan fingerprint density at radius 1 is 1.17 bits per heavy atom. The molecule has 0 bridgehead atoms. The minimum Gasteiger partial charge on any atom is -0.354 e. The topological polar surface area (TPSA) is 29.0 Å². The highest BCUT2D eigenvalue weighted by Gasteiger charge is 2.05. The highest BCUT2D eigenvalue weighted by molar-refractivity contribution is 6.30. The molecule has 1 aromatic heterocycles. The van der Waals surface area contributed by atoms with Gasteiger partial charge in [-0.05, 0) is 17.7 Å². The Morgan fingerprint density at radius 3 is 2.56 bits per heavy atom. The van der Waals surface area contributed by atoms with E-state index < -0.39 is 0 Å². The lowest BCUT2D eigenvalue weighted by Gasteiger charge is -2.18. The van der Waals surface area contributed by atoms with Crippen molar-refractivity contribution in [2.24, 2.45) is 0 Å². The first kappa shape index (κ1) is 13.1. The number of hydrogen-bond acceptors (Lipinski definition) is 3. The number of alkyl halides is 1. The molecule has 2 rings (SSSR count). The van der Waals surface area contributed by atoms with E-state index in [-0.39, 0.29) is 0 Å². The zero-order chi connectivity index (χ0) is 13.0. The van der Waals surface area contributed by atoms with Gasteiger partial charge in [-0.15, -0.1) is 11.6 Å². The third kappa shape index (κ3) is 3.34. The van der Waals surface area contributed by atoms with Crippen molar-refractivity contribution in [3.63, 3.8) is 0 Å². The number of hydrogen-bond donors (Lipinski definition) is 0. The molecule has 0 spiro atoms. The standard InChI is InChI=1S/C13H13Cl2N3/c1-18(9-10-2-4-11(15)5-3-10)13-8-16-7-12(6-14)17-13/h2-5,7-8H,6,9H2,1H3. The molecule has 0 aliphatic carbocycles. The predicted octanol–water partition coefficient (Wildman–Crippen LogP) is 3.51. The third-order valence-corrected chi connectivity index (χ3v) is 3.06. The van der Waals surface area contributed by atoms with Crippen LogP contribution in [0.3, 0.4) is 0 Å². The Kier molecular flexibility index (Phi) is 4.39. The fourth-order valence-electron chi connectivity index (χ4n) is 1.59. The van der Waals surface area contributed by atoms with Gasteiger partial charge in [0.2, 0.25) is 0 Å². The van der Waals surface area contributed by atoms with Gasteiger partial charge in [0, 0.05) is 24.8 Å². The molecule has 0 radical (unpaired) electrons.